The number of carbonyl (C=O) groups excluding carboxylic acids is 2. The van der Waals surface area contributed by atoms with Gasteiger partial charge in [-0.1, -0.05) is 35.3 Å². The highest BCUT2D eigenvalue weighted by molar-refractivity contribution is 9.10. The van der Waals surface area contributed by atoms with Crippen molar-refractivity contribution in [3.05, 3.63) is 57.0 Å². The van der Waals surface area contributed by atoms with E-state index in [-0.39, 0.29) is 18.2 Å². The van der Waals surface area contributed by atoms with E-state index in [2.05, 4.69) is 21.2 Å². The van der Waals surface area contributed by atoms with E-state index in [1.165, 1.54) is 6.07 Å². The van der Waals surface area contributed by atoms with Gasteiger partial charge in [-0.15, -0.1) is 0 Å². The van der Waals surface area contributed by atoms with E-state index in [0.29, 0.717) is 15.7 Å². The van der Waals surface area contributed by atoms with Gasteiger partial charge in [0.05, 0.1) is 22.2 Å². The maximum Gasteiger partial charge on any atom is 0.256 e. The van der Waals surface area contributed by atoms with E-state index < -0.39 is 6.04 Å². The molecule has 0 unspecified atom stereocenters. The Hall–Kier alpha value is -1.56. The van der Waals surface area contributed by atoms with Crippen molar-refractivity contribution >= 4 is 62.3 Å². The van der Waals surface area contributed by atoms with Crippen LogP contribution in [0, 0.1) is 0 Å². The zero-order valence-electron chi connectivity index (χ0n) is 11.7. The number of halogens is 3. The lowest BCUT2D eigenvalue weighted by Crippen LogP contribution is -2.34. The van der Waals surface area contributed by atoms with Gasteiger partial charge in [-0.05, 0) is 46.3 Å². The molecule has 23 heavy (non-hydrogen) atoms. The van der Waals surface area contributed by atoms with Gasteiger partial charge in [0, 0.05) is 10.2 Å². The predicted octanol–water partition coefficient (Wildman–Crippen LogP) is 4.50. The number of carbonyl (C=O) groups is 2. The number of anilines is 2. The average molecular weight is 414 g/mol. The molecule has 1 saturated heterocycles. The maximum absolute atomic E-state index is 12.6. The second kappa shape index (κ2) is 6.51. The molecule has 1 heterocycles. The Morgan fingerprint density at radius 3 is 2.52 bits per heavy atom. The molecular weight excluding hydrogens is 403 g/mol. The van der Waals surface area contributed by atoms with E-state index in [0.717, 1.165) is 15.1 Å². The Morgan fingerprint density at radius 1 is 1.09 bits per heavy atom. The van der Waals surface area contributed by atoms with E-state index in [9.17, 15) is 9.59 Å². The topological polar surface area (TPSA) is 49.4 Å². The molecule has 2 aromatic rings. The third kappa shape index (κ3) is 3.22. The van der Waals surface area contributed by atoms with Crippen LogP contribution in [0.1, 0.15) is 6.42 Å². The Labute approximate surface area is 151 Å². The molecule has 3 rings (SSSR count). The summed E-state index contributed by atoms with van der Waals surface area (Å²) in [6.45, 7) is 0. The monoisotopic (exact) mass is 412 g/mol. The molecule has 2 aromatic carbocycles. The summed E-state index contributed by atoms with van der Waals surface area (Å²) >= 11 is 15.3. The van der Waals surface area contributed by atoms with Gasteiger partial charge in [-0.3, -0.25) is 9.59 Å². The number of hydrogen-bond acceptors (Lipinski definition) is 3. The van der Waals surface area contributed by atoms with Crippen LogP contribution in [0.2, 0.25) is 10.0 Å². The highest BCUT2D eigenvalue weighted by Gasteiger charge is 2.39. The summed E-state index contributed by atoms with van der Waals surface area (Å²) in [7, 11) is 0. The van der Waals surface area contributed by atoms with Crippen molar-refractivity contribution in [1.29, 1.82) is 0 Å². The third-order valence-corrected chi connectivity index (χ3v) is 4.94. The lowest BCUT2D eigenvalue weighted by molar-refractivity contribution is -0.121. The molecule has 1 aliphatic rings. The number of rotatable bonds is 3. The molecule has 0 aliphatic carbocycles. The standard InChI is InChI=1S/C16H11BrCl2N2O2/c17-10-3-1-2-4-13(10)20-14-8-15(22)21(16(14)23)9-5-6-11(18)12(19)7-9/h1-7,14,20H,8H2/t14-/m0/s1. The van der Waals surface area contributed by atoms with Crippen LogP contribution in [-0.2, 0) is 9.59 Å². The summed E-state index contributed by atoms with van der Waals surface area (Å²) in [6.07, 6.45) is 0.0837. The van der Waals surface area contributed by atoms with E-state index in [4.69, 9.17) is 23.2 Å². The summed E-state index contributed by atoms with van der Waals surface area (Å²) in [5, 5.41) is 3.77. The Bertz CT molecular complexity index is 797. The first-order valence-corrected chi connectivity index (χ1v) is 8.35. The van der Waals surface area contributed by atoms with Gasteiger partial charge >= 0.3 is 0 Å². The molecular formula is C16H11BrCl2N2O2. The smallest absolute Gasteiger partial charge is 0.256 e. The minimum absolute atomic E-state index is 0.0837. The lowest BCUT2D eigenvalue weighted by atomic mass is 10.2. The predicted molar refractivity (Wildman–Crippen MR) is 95.1 cm³/mol. The fourth-order valence-corrected chi connectivity index (χ4v) is 3.10. The second-order valence-corrected chi connectivity index (χ2v) is 6.72. The van der Waals surface area contributed by atoms with Crippen molar-refractivity contribution in [2.75, 3.05) is 10.2 Å². The van der Waals surface area contributed by atoms with Crippen LogP contribution >= 0.6 is 39.1 Å². The molecule has 1 N–H and O–H groups in total. The van der Waals surface area contributed by atoms with E-state index >= 15 is 0 Å². The van der Waals surface area contributed by atoms with Crippen LogP contribution in [-0.4, -0.2) is 17.9 Å². The molecule has 0 aromatic heterocycles. The molecule has 0 spiro atoms. The van der Waals surface area contributed by atoms with Gasteiger partial charge in [-0.25, -0.2) is 4.90 Å². The minimum Gasteiger partial charge on any atom is -0.372 e. The normalized spacial score (nSPS) is 17.7. The van der Waals surface area contributed by atoms with Gasteiger partial charge in [0.25, 0.3) is 5.91 Å². The molecule has 0 saturated carbocycles. The van der Waals surface area contributed by atoms with E-state index in [1.807, 2.05) is 24.3 Å². The van der Waals surface area contributed by atoms with Crippen molar-refractivity contribution in [3.8, 4) is 0 Å². The molecule has 0 radical (unpaired) electrons. The number of hydrogen-bond donors (Lipinski definition) is 1. The second-order valence-electron chi connectivity index (χ2n) is 5.05. The van der Waals surface area contributed by atoms with E-state index in [1.54, 1.807) is 12.1 Å². The van der Waals surface area contributed by atoms with Crippen LogP contribution < -0.4 is 10.2 Å². The largest absolute Gasteiger partial charge is 0.372 e. The zero-order valence-corrected chi connectivity index (χ0v) is 14.8. The van der Waals surface area contributed by atoms with Crippen molar-refractivity contribution in [2.45, 2.75) is 12.5 Å². The molecule has 7 heteroatoms. The number of amides is 2. The average Bonchev–Trinajstić information content (AvgIpc) is 2.79. The minimum atomic E-state index is -0.615. The van der Waals surface area contributed by atoms with Gasteiger partial charge < -0.3 is 5.32 Å². The van der Waals surface area contributed by atoms with Crippen LogP contribution in [0.15, 0.2) is 46.9 Å². The molecule has 2 amide bonds. The first-order valence-electron chi connectivity index (χ1n) is 6.80. The van der Waals surface area contributed by atoms with Crippen molar-refractivity contribution in [1.82, 2.24) is 0 Å². The van der Waals surface area contributed by atoms with Crippen molar-refractivity contribution in [2.24, 2.45) is 0 Å². The number of nitrogens with one attached hydrogen (secondary N) is 1. The molecule has 1 fully saturated rings. The first-order chi connectivity index (χ1) is 11.0. The Kier molecular flexibility index (Phi) is 4.62. The summed E-state index contributed by atoms with van der Waals surface area (Å²) in [6, 6.07) is 11.5. The Morgan fingerprint density at radius 2 is 1.83 bits per heavy atom. The number of nitrogens with zero attached hydrogens (tertiary/aromatic N) is 1. The molecule has 1 aliphatic heterocycles. The highest BCUT2D eigenvalue weighted by atomic mass is 79.9. The van der Waals surface area contributed by atoms with Gasteiger partial charge in [-0.2, -0.15) is 0 Å². The summed E-state index contributed by atoms with van der Waals surface area (Å²) in [4.78, 5) is 26.0. The van der Waals surface area contributed by atoms with Crippen molar-refractivity contribution in [3.63, 3.8) is 0 Å². The number of para-hydroxylation sites is 1. The van der Waals surface area contributed by atoms with Crippen LogP contribution in [0.25, 0.3) is 0 Å². The Balaban J connectivity index is 1.85. The van der Waals surface area contributed by atoms with Crippen LogP contribution in [0.3, 0.4) is 0 Å². The first kappa shape index (κ1) is 16.3. The zero-order chi connectivity index (χ0) is 16.6. The summed E-state index contributed by atoms with van der Waals surface area (Å²) in [5.74, 6) is -0.595. The highest BCUT2D eigenvalue weighted by Crippen LogP contribution is 2.31. The fourth-order valence-electron chi connectivity index (χ4n) is 2.41. The van der Waals surface area contributed by atoms with Gasteiger partial charge in [0.1, 0.15) is 6.04 Å². The van der Waals surface area contributed by atoms with Gasteiger partial charge in [0.2, 0.25) is 5.91 Å². The molecule has 0 bridgehead atoms. The van der Waals surface area contributed by atoms with Gasteiger partial charge in [0.15, 0.2) is 0 Å². The van der Waals surface area contributed by atoms with Crippen molar-refractivity contribution < 1.29 is 9.59 Å². The third-order valence-electron chi connectivity index (χ3n) is 3.51. The summed E-state index contributed by atoms with van der Waals surface area (Å²) < 4.78 is 0.827. The molecule has 1 atom stereocenters. The maximum atomic E-state index is 12.6. The summed E-state index contributed by atoms with van der Waals surface area (Å²) in [5.41, 5.74) is 1.18. The lowest BCUT2D eigenvalue weighted by Gasteiger charge is -2.17. The fraction of sp³-hybridized carbons (Fsp3) is 0.125. The quantitative estimate of drug-likeness (QED) is 0.753. The molecule has 118 valence electrons. The van der Waals surface area contributed by atoms with Crippen LogP contribution in [0.4, 0.5) is 11.4 Å². The SMILES string of the molecule is O=C1C[C@H](Nc2ccccc2Br)C(=O)N1c1ccc(Cl)c(Cl)c1. The number of benzene rings is 2. The molecule has 4 nitrogen and oxygen atoms in total. The number of imide groups is 1. The van der Waals surface area contributed by atoms with Crippen LogP contribution in [0.5, 0.6) is 0 Å².